The fraction of sp³-hybridized carbons (Fsp3) is 0.0714. The molecule has 0 radical (unpaired) electrons. The highest BCUT2D eigenvalue weighted by atomic mass is 35.5. The molecule has 0 spiro atoms. The van der Waals surface area contributed by atoms with Crippen molar-refractivity contribution in [2.45, 2.75) is 6.92 Å². The van der Waals surface area contributed by atoms with Crippen molar-refractivity contribution in [3.63, 3.8) is 0 Å². The van der Waals surface area contributed by atoms with Crippen LogP contribution >= 0.6 is 11.6 Å². The van der Waals surface area contributed by atoms with Gasteiger partial charge in [0, 0.05) is 0 Å². The van der Waals surface area contributed by atoms with Gasteiger partial charge in [-0.1, -0.05) is 17.7 Å². The number of rotatable bonds is 2. The third kappa shape index (κ3) is 2.88. The Morgan fingerprint density at radius 2 is 1.90 bits per heavy atom. The van der Waals surface area contributed by atoms with Gasteiger partial charge < -0.3 is 10.4 Å². The van der Waals surface area contributed by atoms with Crippen LogP contribution in [0.25, 0.3) is 0 Å². The summed E-state index contributed by atoms with van der Waals surface area (Å²) in [5.74, 6) is -2.88. The van der Waals surface area contributed by atoms with Crippen LogP contribution in [0.3, 0.4) is 0 Å². The second-order valence-electron chi connectivity index (χ2n) is 4.22. The second-order valence-corrected chi connectivity index (χ2v) is 4.63. The number of nitrogens with one attached hydrogen (secondary N) is 1. The van der Waals surface area contributed by atoms with E-state index in [0.717, 1.165) is 11.6 Å². The molecular formula is C14H10ClF2NO2. The Morgan fingerprint density at radius 1 is 1.20 bits per heavy atom. The fourth-order valence-electron chi connectivity index (χ4n) is 1.63. The molecule has 104 valence electrons. The van der Waals surface area contributed by atoms with Crippen molar-refractivity contribution < 1.29 is 18.7 Å². The summed E-state index contributed by atoms with van der Waals surface area (Å²) in [5, 5.41) is 11.5. The van der Waals surface area contributed by atoms with Gasteiger partial charge in [-0.25, -0.2) is 8.78 Å². The van der Waals surface area contributed by atoms with Gasteiger partial charge in [-0.3, -0.25) is 4.79 Å². The third-order valence-electron chi connectivity index (χ3n) is 2.66. The smallest absolute Gasteiger partial charge is 0.258 e. The first-order chi connectivity index (χ1) is 9.38. The molecule has 0 atom stereocenters. The minimum absolute atomic E-state index is 0.107. The summed E-state index contributed by atoms with van der Waals surface area (Å²) in [5.41, 5.74) is 0.409. The van der Waals surface area contributed by atoms with Crippen molar-refractivity contribution in [3.8, 4) is 5.75 Å². The predicted molar refractivity (Wildman–Crippen MR) is 72.2 cm³/mol. The molecule has 0 unspecified atom stereocenters. The number of carbonyl (C=O) groups is 1. The van der Waals surface area contributed by atoms with Crippen molar-refractivity contribution >= 4 is 23.2 Å². The standard InChI is InChI=1S/C14H10ClF2NO2/c1-7-2-3-12(13(19)4-7)18-14(20)8-5-11(17)9(15)6-10(8)16/h2-6,19H,1H3,(H,18,20). The predicted octanol–water partition coefficient (Wildman–Crippen LogP) is 3.88. The van der Waals surface area contributed by atoms with Crippen molar-refractivity contribution in [1.82, 2.24) is 0 Å². The molecule has 0 aliphatic rings. The molecule has 20 heavy (non-hydrogen) atoms. The Bertz CT molecular complexity index is 689. The average molecular weight is 298 g/mol. The summed E-state index contributed by atoms with van der Waals surface area (Å²) in [6.45, 7) is 1.76. The molecule has 2 N–H and O–H groups in total. The number of amides is 1. The van der Waals surface area contributed by atoms with E-state index < -0.39 is 28.1 Å². The topological polar surface area (TPSA) is 49.3 Å². The Labute approximate surface area is 118 Å². The zero-order valence-corrected chi connectivity index (χ0v) is 11.1. The molecule has 6 heteroatoms. The van der Waals surface area contributed by atoms with Gasteiger partial charge in [0.1, 0.15) is 17.4 Å². The Morgan fingerprint density at radius 3 is 2.55 bits per heavy atom. The van der Waals surface area contributed by atoms with Crippen LogP contribution < -0.4 is 5.32 Å². The third-order valence-corrected chi connectivity index (χ3v) is 2.95. The molecule has 3 nitrogen and oxygen atoms in total. The highest BCUT2D eigenvalue weighted by Gasteiger charge is 2.16. The van der Waals surface area contributed by atoms with Gasteiger partial charge in [-0.05, 0) is 36.8 Å². The van der Waals surface area contributed by atoms with E-state index >= 15 is 0 Å². The van der Waals surface area contributed by atoms with E-state index in [1.807, 2.05) is 0 Å². The summed E-state index contributed by atoms with van der Waals surface area (Å²) < 4.78 is 26.8. The van der Waals surface area contributed by atoms with E-state index in [9.17, 15) is 18.7 Å². The Hall–Kier alpha value is -2.14. The number of benzene rings is 2. The first-order valence-corrected chi connectivity index (χ1v) is 6.02. The maximum atomic E-state index is 13.6. The van der Waals surface area contributed by atoms with Gasteiger partial charge in [0.2, 0.25) is 0 Å². The normalized spacial score (nSPS) is 10.4. The number of hydrogen-bond acceptors (Lipinski definition) is 2. The van der Waals surface area contributed by atoms with Crippen LogP contribution in [0.15, 0.2) is 30.3 Å². The van der Waals surface area contributed by atoms with E-state index in [-0.39, 0.29) is 11.4 Å². The fourth-order valence-corrected chi connectivity index (χ4v) is 1.78. The van der Waals surface area contributed by atoms with Gasteiger partial charge >= 0.3 is 0 Å². The lowest BCUT2D eigenvalue weighted by atomic mass is 10.1. The lowest BCUT2D eigenvalue weighted by Crippen LogP contribution is -2.14. The minimum atomic E-state index is -0.944. The molecule has 0 aliphatic carbocycles. The monoisotopic (exact) mass is 297 g/mol. The van der Waals surface area contributed by atoms with E-state index in [1.165, 1.54) is 12.1 Å². The van der Waals surface area contributed by atoms with Crippen LogP contribution in [0.5, 0.6) is 5.75 Å². The van der Waals surface area contributed by atoms with Crippen LogP contribution in [0.2, 0.25) is 5.02 Å². The molecule has 0 fully saturated rings. The van der Waals surface area contributed by atoms with Crippen molar-refractivity contribution in [2.75, 3.05) is 5.32 Å². The maximum absolute atomic E-state index is 13.6. The van der Waals surface area contributed by atoms with Crippen LogP contribution in [0.4, 0.5) is 14.5 Å². The number of hydrogen-bond donors (Lipinski definition) is 2. The minimum Gasteiger partial charge on any atom is -0.506 e. The van der Waals surface area contributed by atoms with Gasteiger partial charge in [-0.15, -0.1) is 0 Å². The molecule has 0 saturated carbocycles. The first kappa shape index (κ1) is 14.3. The summed E-state index contributed by atoms with van der Waals surface area (Å²) in [7, 11) is 0. The summed E-state index contributed by atoms with van der Waals surface area (Å²) >= 11 is 5.41. The van der Waals surface area contributed by atoms with Crippen LogP contribution in [0, 0.1) is 18.6 Å². The zero-order valence-electron chi connectivity index (χ0n) is 10.4. The van der Waals surface area contributed by atoms with Gasteiger partial charge in [-0.2, -0.15) is 0 Å². The Kier molecular flexibility index (Phi) is 3.90. The lowest BCUT2D eigenvalue weighted by molar-refractivity contribution is 0.102. The van der Waals surface area contributed by atoms with Crippen molar-refractivity contribution in [2.24, 2.45) is 0 Å². The maximum Gasteiger partial charge on any atom is 0.258 e. The quantitative estimate of drug-likeness (QED) is 0.653. The number of aryl methyl sites for hydroxylation is 1. The van der Waals surface area contributed by atoms with Crippen molar-refractivity contribution in [3.05, 3.63) is 58.1 Å². The highest BCUT2D eigenvalue weighted by molar-refractivity contribution is 6.30. The average Bonchev–Trinajstić information content (AvgIpc) is 2.37. The number of aromatic hydroxyl groups is 1. The number of carbonyl (C=O) groups excluding carboxylic acids is 1. The molecule has 0 aromatic heterocycles. The van der Waals surface area contributed by atoms with Crippen molar-refractivity contribution in [1.29, 1.82) is 0 Å². The van der Waals surface area contributed by atoms with Crippen LogP contribution in [-0.2, 0) is 0 Å². The number of halogens is 3. The van der Waals surface area contributed by atoms with Gasteiger partial charge in [0.15, 0.2) is 0 Å². The van der Waals surface area contributed by atoms with E-state index in [2.05, 4.69) is 5.32 Å². The molecule has 2 rings (SSSR count). The van der Waals surface area contributed by atoms with Gasteiger partial charge in [0.25, 0.3) is 5.91 Å². The molecule has 2 aromatic rings. The number of phenolic OH excluding ortho intramolecular Hbond substituents is 1. The van der Waals surface area contributed by atoms with E-state index in [1.54, 1.807) is 13.0 Å². The largest absolute Gasteiger partial charge is 0.506 e. The zero-order chi connectivity index (χ0) is 14.9. The molecule has 0 saturated heterocycles. The second kappa shape index (κ2) is 5.46. The molecule has 0 bridgehead atoms. The van der Waals surface area contributed by atoms with Gasteiger partial charge in [0.05, 0.1) is 16.3 Å². The number of anilines is 1. The summed E-state index contributed by atoms with van der Waals surface area (Å²) in [4.78, 5) is 11.9. The SMILES string of the molecule is Cc1ccc(NC(=O)c2cc(F)c(Cl)cc2F)c(O)c1. The summed E-state index contributed by atoms with van der Waals surface area (Å²) in [6.07, 6.45) is 0. The van der Waals surface area contributed by atoms with E-state index in [0.29, 0.717) is 6.07 Å². The molecular weight excluding hydrogens is 288 g/mol. The first-order valence-electron chi connectivity index (χ1n) is 5.64. The highest BCUT2D eigenvalue weighted by Crippen LogP contribution is 2.25. The van der Waals surface area contributed by atoms with E-state index in [4.69, 9.17) is 11.6 Å². The number of phenols is 1. The van der Waals surface area contributed by atoms with Crippen LogP contribution in [-0.4, -0.2) is 11.0 Å². The molecule has 0 heterocycles. The summed E-state index contributed by atoms with van der Waals surface area (Å²) in [6, 6.07) is 5.99. The lowest BCUT2D eigenvalue weighted by Gasteiger charge is -2.09. The Balaban J connectivity index is 2.31. The van der Waals surface area contributed by atoms with Crippen LogP contribution in [0.1, 0.15) is 15.9 Å². The molecule has 0 aliphatic heterocycles. The molecule has 2 aromatic carbocycles. The molecule has 1 amide bonds.